The molecule has 2 aliphatic rings. The number of carbonyl (C=O) groups is 3. The van der Waals surface area contributed by atoms with Crippen molar-refractivity contribution in [2.75, 3.05) is 11.9 Å². The lowest BCUT2D eigenvalue weighted by Crippen LogP contribution is -2.54. The van der Waals surface area contributed by atoms with Crippen LogP contribution in [0.4, 0.5) is 10.6 Å². The molecule has 1 aliphatic carbocycles. The topological polar surface area (TPSA) is 196 Å². The van der Waals surface area contributed by atoms with Gasteiger partial charge in [0.2, 0.25) is 12.0 Å². The number of esters is 1. The van der Waals surface area contributed by atoms with Crippen LogP contribution in [0.2, 0.25) is 0 Å². The molecular weight excluding hydrogens is 538 g/mol. The minimum absolute atomic E-state index is 0.0484. The first-order valence-electron chi connectivity index (χ1n) is 13.9. The molecule has 14 heteroatoms. The summed E-state index contributed by atoms with van der Waals surface area (Å²) in [6, 6.07) is 0.240. The maximum Gasteiger partial charge on any atom is 0.413 e. The van der Waals surface area contributed by atoms with Crippen molar-refractivity contribution in [1.82, 2.24) is 14.6 Å². The van der Waals surface area contributed by atoms with Crippen molar-refractivity contribution in [3.8, 4) is 0 Å². The highest BCUT2D eigenvalue weighted by molar-refractivity contribution is 5.87. The first-order valence-corrected chi connectivity index (χ1v) is 13.9. The zero-order valence-electron chi connectivity index (χ0n) is 23.7. The lowest BCUT2D eigenvalue weighted by Gasteiger charge is -2.30. The molecule has 0 bridgehead atoms. The van der Waals surface area contributed by atoms with Crippen LogP contribution in [-0.4, -0.2) is 73.9 Å². The van der Waals surface area contributed by atoms with E-state index >= 15 is 0 Å². The minimum Gasteiger partial charge on any atom is -0.460 e. The monoisotopic (exact) mass is 579 g/mol. The average molecular weight is 580 g/mol. The molecule has 1 aromatic rings. The van der Waals surface area contributed by atoms with Gasteiger partial charge in [-0.05, 0) is 44.7 Å². The van der Waals surface area contributed by atoms with Crippen molar-refractivity contribution in [3.63, 3.8) is 0 Å². The van der Waals surface area contributed by atoms with Gasteiger partial charge in [-0.3, -0.25) is 19.7 Å². The third-order valence-electron chi connectivity index (χ3n) is 7.37. The van der Waals surface area contributed by atoms with Gasteiger partial charge in [0.15, 0.2) is 12.5 Å². The summed E-state index contributed by atoms with van der Waals surface area (Å²) in [5.41, 5.74) is -0.535. The molecule has 2 heterocycles. The summed E-state index contributed by atoms with van der Waals surface area (Å²) < 4.78 is 17.1. The van der Waals surface area contributed by atoms with E-state index in [0.717, 1.165) is 35.3 Å². The summed E-state index contributed by atoms with van der Waals surface area (Å²) in [5.74, 6) is 4.30. The normalized spacial score (nSPS) is 21.0. The molecule has 1 aromatic heterocycles. The Morgan fingerprint density at radius 3 is 2.49 bits per heavy atom. The molecule has 14 nitrogen and oxygen atoms in total. The highest BCUT2D eigenvalue weighted by atomic mass is 16.6. The fraction of sp³-hybridized carbons (Fsp3) is 0.667. The van der Waals surface area contributed by atoms with Gasteiger partial charge in [-0.2, -0.15) is 4.98 Å². The number of amides is 2. The fourth-order valence-corrected chi connectivity index (χ4v) is 4.99. The largest absolute Gasteiger partial charge is 0.460 e. The van der Waals surface area contributed by atoms with Gasteiger partial charge in [0.1, 0.15) is 5.82 Å². The van der Waals surface area contributed by atoms with Crippen molar-refractivity contribution < 1.29 is 38.8 Å². The number of ether oxygens (including phenoxy) is 3. The molecule has 5 N–H and O–H groups in total. The van der Waals surface area contributed by atoms with Crippen molar-refractivity contribution in [2.45, 2.75) is 96.5 Å². The van der Waals surface area contributed by atoms with Crippen LogP contribution in [0.1, 0.15) is 71.9 Å². The van der Waals surface area contributed by atoms with Crippen molar-refractivity contribution in [2.24, 2.45) is 17.7 Å². The predicted molar refractivity (Wildman–Crippen MR) is 146 cm³/mol. The van der Waals surface area contributed by atoms with Crippen LogP contribution in [0.3, 0.4) is 0 Å². The summed E-state index contributed by atoms with van der Waals surface area (Å²) in [6.07, 6.45) is 1.98. The van der Waals surface area contributed by atoms with Crippen molar-refractivity contribution in [3.05, 3.63) is 34.9 Å². The number of hydrazine groups is 1. The SMILES string of the molecule is C=C1[C@H](C(O)O)CO[C@H]1n1ccc(NC(=O)O[C@H](C(=O)OC(C)C)[C@H](C)N(N)C(=O)CCC2CCCCC2)nc1=O. The Morgan fingerprint density at radius 2 is 1.90 bits per heavy atom. The number of nitrogens with zero attached hydrogens (tertiary/aromatic N) is 3. The molecule has 41 heavy (non-hydrogen) atoms. The molecule has 2 amide bonds. The molecule has 1 saturated carbocycles. The van der Waals surface area contributed by atoms with E-state index in [1.54, 1.807) is 13.8 Å². The molecular formula is C27H41N5O9. The Kier molecular flexibility index (Phi) is 11.4. The third-order valence-corrected chi connectivity index (χ3v) is 7.37. The number of anilines is 1. The minimum atomic E-state index is -1.69. The molecule has 2 fully saturated rings. The lowest BCUT2D eigenvalue weighted by molar-refractivity contribution is -0.162. The second-order valence-electron chi connectivity index (χ2n) is 10.8. The zero-order chi connectivity index (χ0) is 30.3. The van der Waals surface area contributed by atoms with Crippen LogP contribution in [0.5, 0.6) is 0 Å². The Bertz CT molecular complexity index is 1150. The van der Waals surface area contributed by atoms with Crippen molar-refractivity contribution >= 4 is 23.8 Å². The number of aliphatic hydroxyl groups is 2. The first kappa shape index (κ1) is 32.2. The summed E-state index contributed by atoms with van der Waals surface area (Å²) >= 11 is 0. The predicted octanol–water partition coefficient (Wildman–Crippen LogP) is 1.58. The fourth-order valence-electron chi connectivity index (χ4n) is 4.99. The number of aromatic nitrogens is 2. The van der Waals surface area contributed by atoms with Crippen LogP contribution in [-0.2, 0) is 23.8 Å². The summed E-state index contributed by atoms with van der Waals surface area (Å²) in [4.78, 5) is 54.8. The number of nitrogens with one attached hydrogen (secondary N) is 1. The molecule has 1 aliphatic heterocycles. The Hall–Kier alpha value is -3.33. The number of hydrogen-bond acceptors (Lipinski definition) is 11. The second-order valence-corrected chi connectivity index (χ2v) is 10.8. The molecule has 3 rings (SSSR count). The third kappa shape index (κ3) is 8.58. The van der Waals surface area contributed by atoms with Gasteiger partial charge in [-0.1, -0.05) is 38.7 Å². The van der Waals surface area contributed by atoms with E-state index in [1.807, 2.05) is 0 Å². The first-order chi connectivity index (χ1) is 19.4. The maximum absolute atomic E-state index is 12.8. The number of carbonyl (C=O) groups excluding carboxylic acids is 3. The van der Waals surface area contributed by atoms with Gasteiger partial charge in [-0.15, -0.1) is 0 Å². The van der Waals surface area contributed by atoms with E-state index in [9.17, 15) is 29.4 Å². The van der Waals surface area contributed by atoms with E-state index in [4.69, 9.17) is 20.1 Å². The molecule has 0 aromatic carbocycles. The van der Waals surface area contributed by atoms with Gasteiger partial charge in [-0.25, -0.2) is 20.2 Å². The van der Waals surface area contributed by atoms with E-state index < -0.39 is 54.4 Å². The van der Waals surface area contributed by atoms with Gasteiger partial charge in [0.25, 0.3) is 0 Å². The van der Waals surface area contributed by atoms with Crippen LogP contribution < -0.4 is 16.8 Å². The van der Waals surface area contributed by atoms with Crippen LogP contribution in [0.25, 0.3) is 0 Å². The van der Waals surface area contributed by atoms with Gasteiger partial charge in [0.05, 0.1) is 24.7 Å². The smallest absolute Gasteiger partial charge is 0.413 e. The summed E-state index contributed by atoms with van der Waals surface area (Å²) in [5, 5.41) is 22.0. The van der Waals surface area contributed by atoms with E-state index in [2.05, 4.69) is 16.9 Å². The van der Waals surface area contributed by atoms with Crippen LogP contribution in [0, 0.1) is 11.8 Å². The van der Waals surface area contributed by atoms with E-state index in [-0.39, 0.29) is 30.3 Å². The van der Waals surface area contributed by atoms with Crippen molar-refractivity contribution in [1.29, 1.82) is 0 Å². The molecule has 0 radical (unpaired) electrons. The maximum atomic E-state index is 12.8. The summed E-state index contributed by atoms with van der Waals surface area (Å²) in [6.45, 7) is 8.45. The highest BCUT2D eigenvalue weighted by Crippen LogP contribution is 2.33. The second kappa shape index (κ2) is 14.5. The number of hydrogen-bond donors (Lipinski definition) is 4. The van der Waals surface area contributed by atoms with Gasteiger partial charge in [0, 0.05) is 12.6 Å². The standard InChI is InChI=1S/C27H41N5O9/c1-15(2)40-25(36)22(17(4)32(28)21(33)11-10-18-8-6-5-7-9-18)41-27(38)30-20-12-13-31(26(37)29-20)23-16(3)19(14-39-23)24(34)35/h12-13,15,17-19,22-24,34-35H,3,5-11,14,28H2,1-2,4H3,(H,29,30,37,38)/t17-,19+,22-,23+/m0/s1. The van der Waals surface area contributed by atoms with E-state index in [1.165, 1.54) is 25.6 Å². The molecule has 1 saturated heterocycles. The Morgan fingerprint density at radius 1 is 1.22 bits per heavy atom. The summed E-state index contributed by atoms with van der Waals surface area (Å²) in [7, 11) is 0. The number of nitrogens with two attached hydrogens (primary N) is 1. The van der Waals surface area contributed by atoms with Gasteiger partial charge < -0.3 is 24.4 Å². The number of aliphatic hydroxyl groups excluding tert-OH is 1. The molecule has 4 atom stereocenters. The molecule has 0 spiro atoms. The molecule has 228 valence electrons. The quantitative estimate of drug-likeness (QED) is 0.0742. The molecule has 0 unspecified atom stereocenters. The number of rotatable bonds is 11. The lowest BCUT2D eigenvalue weighted by atomic mass is 9.86. The van der Waals surface area contributed by atoms with Crippen LogP contribution >= 0.6 is 0 Å². The van der Waals surface area contributed by atoms with Gasteiger partial charge >= 0.3 is 17.8 Å². The Labute approximate surface area is 238 Å². The average Bonchev–Trinajstić information content (AvgIpc) is 3.31. The van der Waals surface area contributed by atoms with E-state index in [0.29, 0.717) is 12.3 Å². The van der Waals surface area contributed by atoms with Crippen LogP contribution in [0.15, 0.2) is 29.2 Å². The highest BCUT2D eigenvalue weighted by Gasteiger charge is 2.37. The Balaban J connectivity index is 1.65. The zero-order valence-corrected chi connectivity index (χ0v) is 23.7.